The second kappa shape index (κ2) is 9.60. The Kier molecular flexibility index (Phi) is 8.54. The van der Waals surface area contributed by atoms with Crippen LogP contribution < -0.4 is 0 Å². The number of allylic oxidation sites excluding steroid dienone is 1. The molecule has 1 atom stereocenters. The predicted octanol–water partition coefficient (Wildman–Crippen LogP) is 6.63. The highest BCUT2D eigenvalue weighted by molar-refractivity contribution is 6.83. The molecule has 0 fully saturated rings. The van der Waals surface area contributed by atoms with Gasteiger partial charge in [-0.1, -0.05) is 76.7 Å². The second-order valence-electron chi connectivity index (χ2n) is 7.32. The maximum atomic E-state index is 5.09. The zero-order valence-electron chi connectivity index (χ0n) is 15.0. The molecule has 1 nitrogen and oxygen atoms in total. The van der Waals surface area contributed by atoms with Crippen molar-refractivity contribution in [2.75, 3.05) is 6.54 Å². The van der Waals surface area contributed by atoms with Crippen molar-refractivity contribution < 1.29 is 0 Å². The third-order valence-corrected chi connectivity index (χ3v) is 10.6. The molecule has 0 saturated carbocycles. The molecule has 1 heterocycles. The molecule has 0 aromatic carbocycles. The first kappa shape index (κ1) is 18.7. The molecule has 0 saturated heterocycles. The van der Waals surface area contributed by atoms with Crippen molar-refractivity contribution in [2.24, 2.45) is 4.99 Å². The Morgan fingerprint density at radius 2 is 1.67 bits per heavy atom. The summed E-state index contributed by atoms with van der Waals surface area (Å²) < 4.78 is 0. The van der Waals surface area contributed by atoms with E-state index in [1.165, 1.54) is 74.7 Å². The highest BCUT2D eigenvalue weighted by Gasteiger charge is 2.38. The van der Waals surface area contributed by atoms with Crippen LogP contribution in [0.25, 0.3) is 0 Å². The lowest BCUT2D eigenvalue weighted by Gasteiger charge is -2.37. The van der Waals surface area contributed by atoms with E-state index in [-0.39, 0.29) is 0 Å². The van der Waals surface area contributed by atoms with E-state index in [1.54, 1.807) is 0 Å². The van der Waals surface area contributed by atoms with Gasteiger partial charge in [-0.05, 0) is 26.2 Å². The smallest absolute Gasteiger partial charge is 0.0645 e. The first-order valence-corrected chi connectivity index (χ1v) is 12.2. The van der Waals surface area contributed by atoms with Crippen LogP contribution in [-0.4, -0.2) is 20.3 Å². The van der Waals surface area contributed by atoms with Crippen molar-refractivity contribution in [2.45, 2.75) is 96.3 Å². The third kappa shape index (κ3) is 5.73. The second-order valence-corrected chi connectivity index (χ2v) is 12.2. The van der Waals surface area contributed by atoms with Crippen LogP contribution in [0.4, 0.5) is 0 Å². The van der Waals surface area contributed by atoms with Crippen molar-refractivity contribution in [3.8, 4) is 0 Å². The van der Waals surface area contributed by atoms with Gasteiger partial charge in [0.2, 0.25) is 0 Å². The van der Waals surface area contributed by atoms with E-state index in [2.05, 4.69) is 33.9 Å². The summed E-state index contributed by atoms with van der Waals surface area (Å²) in [5.41, 5.74) is 3.56. The van der Waals surface area contributed by atoms with Crippen molar-refractivity contribution in [1.82, 2.24) is 0 Å². The van der Waals surface area contributed by atoms with E-state index in [0.29, 0.717) is 5.54 Å². The van der Waals surface area contributed by atoms with Gasteiger partial charge in [0.15, 0.2) is 0 Å². The zero-order chi connectivity index (χ0) is 15.7. The fourth-order valence-corrected chi connectivity index (χ4v) is 9.66. The number of nitrogens with zero attached hydrogens (tertiary/aromatic N) is 1. The van der Waals surface area contributed by atoms with E-state index < -0.39 is 8.07 Å². The highest BCUT2D eigenvalue weighted by atomic mass is 28.3. The Labute approximate surface area is 134 Å². The Balaban J connectivity index is 3.03. The minimum Gasteiger partial charge on any atom is -0.294 e. The van der Waals surface area contributed by atoms with E-state index >= 15 is 0 Å². The topological polar surface area (TPSA) is 12.4 Å². The van der Waals surface area contributed by atoms with Gasteiger partial charge in [0.25, 0.3) is 0 Å². The van der Waals surface area contributed by atoms with Crippen molar-refractivity contribution in [3.05, 3.63) is 12.2 Å². The first-order valence-electron chi connectivity index (χ1n) is 9.23. The fraction of sp³-hybridized carbons (Fsp3) is 0.842. The summed E-state index contributed by atoms with van der Waals surface area (Å²) in [4.78, 5) is 5.09. The van der Waals surface area contributed by atoms with Crippen LogP contribution in [0.1, 0.15) is 72.1 Å². The third-order valence-electron chi connectivity index (χ3n) is 5.07. The summed E-state index contributed by atoms with van der Waals surface area (Å²) in [6.07, 6.45) is 10.7. The quantitative estimate of drug-likeness (QED) is 0.370. The van der Waals surface area contributed by atoms with Gasteiger partial charge in [0.1, 0.15) is 0 Å². The van der Waals surface area contributed by atoms with Gasteiger partial charge in [-0.2, -0.15) is 0 Å². The number of hydrogen-bond donors (Lipinski definition) is 0. The van der Waals surface area contributed by atoms with Crippen LogP contribution in [0.15, 0.2) is 17.1 Å². The molecular weight excluding hydrogens is 270 g/mol. The Morgan fingerprint density at radius 3 is 2.24 bits per heavy atom. The summed E-state index contributed by atoms with van der Waals surface area (Å²) in [6.45, 7) is 15.0. The van der Waals surface area contributed by atoms with E-state index in [0.717, 1.165) is 6.54 Å². The molecule has 0 amide bonds. The molecule has 0 N–H and O–H groups in total. The maximum Gasteiger partial charge on any atom is 0.0645 e. The summed E-state index contributed by atoms with van der Waals surface area (Å²) in [6, 6.07) is 2.86. The van der Waals surface area contributed by atoms with Crippen molar-refractivity contribution >= 4 is 13.8 Å². The molecule has 0 radical (unpaired) electrons. The molecule has 122 valence electrons. The zero-order valence-corrected chi connectivity index (χ0v) is 16.0. The lowest BCUT2D eigenvalue weighted by Crippen LogP contribution is -2.40. The molecule has 21 heavy (non-hydrogen) atoms. The summed E-state index contributed by atoms with van der Waals surface area (Å²) in [7, 11) is -1.31. The van der Waals surface area contributed by atoms with Gasteiger partial charge in [0.05, 0.1) is 8.07 Å². The van der Waals surface area contributed by atoms with Crippen LogP contribution in [0.3, 0.4) is 0 Å². The Bertz CT molecular complexity index is 339. The van der Waals surface area contributed by atoms with Crippen LogP contribution >= 0.6 is 0 Å². The highest BCUT2D eigenvalue weighted by Crippen LogP contribution is 2.39. The summed E-state index contributed by atoms with van der Waals surface area (Å²) in [5.74, 6) is 0. The molecule has 0 aromatic rings. The Morgan fingerprint density at radius 1 is 1.10 bits per heavy atom. The lowest BCUT2D eigenvalue weighted by molar-refractivity contribution is 0.639. The van der Waals surface area contributed by atoms with Gasteiger partial charge < -0.3 is 0 Å². The van der Waals surface area contributed by atoms with E-state index in [4.69, 9.17) is 4.99 Å². The van der Waals surface area contributed by atoms with Crippen LogP contribution in [-0.2, 0) is 0 Å². The predicted molar refractivity (Wildman–Crippen MR) is 100 cm³/mol. The number of rotatable bonds is 7. The van der Waals surface area contributed by atoms with E-state index in [1.807, 2.05) is 0 Å². The lowest BCUT2D eigenvalue weighted by atomic mass is 10.0. The van der Waals surface area contributed by atoms with Gasteiger partial charge in [-0.15, -0.1) is 0 Å². The largest absolute Gasteiger partial charge is 0.294 e. The molecule has 0 aromatic heterocycles. The van der Waals surface area contributed by atoms with Gasteiger partial charge in [-0.25, -0.2) is 0 Å². The molecule has 1 rings (SSSR count). The normalized spacial score (nSPS) is 19.1. The average molecular weight is 308 g/mol. The van der Waals surface area contributed by atoms with Crippen molar-refractivity contribution in [3.63, 3.8) is 0 Å². The van der Waals surface area contributed by atoms with Crippen molar-refractivity contribution in [1.29, 1.82) is 0 Å². The molecular formula is C19H37NSi. The van der Waals surface area contributed by atoms with Gasteiger partial charge in [-0.3, -0.25) is 4.99 Å². The summed E-state index contributed by atoms with van der Waals surface area (Å²) in [5, 5.41) is 0. The molecule has 2 heteroatoms. The van der Waals surface area contributed by atoms with Crippen LogP contribution in [0.2, 0.25) is 24.2 Å². The molecule has 1 unspecified atom stereocenters. The minimum atomic E-state index is -1.31. The molecule has 0 spiro atoms. The number of hydrogen-bond acceptors (Lipinski definition) is 1. The first-order chi connectivity index (χ1) is 10.0. The maximum absolute atomic E-state index is 5.09. The fourth-order valence-electron chi connectivity index (χ4n) is 4.32. The average Bonchev–Trinajstić information content (AvgIpc) is 2.53. The number of aliphatic imine (C=N–C) groups is 1. The molecule has 1 aliphatic heterocycles. The Hall–Kier alpha value is -0.373. The standard InChI is InChI=1S/C19H37NSi/c1-6-15-21(5,16-7-2)19(17(3)4)18-13-11-9-8-10-12-14-20-18/h19H,3,6-16H2,1-2,4-5H3. The minimum absolute atomic E-state index is 0.635. The van der Waals surface area contributed by atoms with Gasteiger partial charge in [0, 0.05) is 17.8 Å². The molecule has 0 aliphatic carbocycles. The monoisotopic (exact) mass is 307 g/mol. The summed E-state index contributed by atoms with van der Waals surface area (Å²) >= 11 is 0. The van der Waals surface area contributed by atoms with Gasteiger partial charge >= 0.3 is 0 Å². The SMILES string of the molecule is C=C(C)C(C1=NCCCCCCC1)[Si](C)(CCC)CCC. The molecule has 1 aliphatic rings. The van der Waals surface area contributed by atoms with Crippen LogP contribution in [0.5, 0.6) is 0 Å². The van der Waals surface area contributed by atoms with Crippen LogP contribution in [0, 0.1) is 0 Å². The van der Waals surface area contributed by atoms with E-state index in [9.17, 15) is 0 Å². The molecule has 0 bridgehead atoms.